The summed E-state index contributed by atoms with van der Waals surface area (Å²) in [5.74, 6) is 0.527. The maximum absolute atomic E-state index is 5.46. The molecule has 1 aromatic heterocycles. The van der Waals surface area contributed by atoms with E-state index in [2.05, 4.69) is 30.9 Å². The Kier molecular flexibility index (Phi) is 3.85. The summed E-state index contributed by atoms with van der Waals surface area (Å²) in [7, 11) is 0. The highest BCUT2D eigenvalue weighted by Gasteiger charge is 2.25. The molecule has 0 N–H and O–H groups in total. The Hall–Kier alpha value is -0.930. The summed E-state index contributed by atoms with van der Waals surface area (Å²) in [5.41, 5.74) is 4.00. The number of nitrogens with zero attached hydrogens (tertiary/aromatic N) is 2. The molecule has 3 heterocycles. The third-order valence-electron chi connectivity index (χ3n) is 4.40. The van der Waals surface area contributed by atoms with E-state index in [9.17, 15) is 0 Å². The van der Waals surface area contributed by atoms with E-state index in [1.807, 2.05) is 0 Å². The standard InChI is InChI=1S/C16H24N2O/c1-12(2)15-4-3-13-11-18(8-5-16(13)17-15)14-6-9-19-10-7-14/h3-4,12,14H,5-11H2,1-2H3. The molecule has 0 aliphatic carbocycles. The zero-order chi connectivity index (χ0) is 13.2. The molecule has 3 rings (SSSR count). The van der Waals surface area contributed by atoms with Crippen LogP contribution in [-0.2, 0) is 17.7 Å². The molecule has 0 radical (unpaired) electrons. The molecule has 3 heteroatoms. The van der Waals surface area contributed by atoms with Gasteiger partial charge in [-0.15, -0.1) is 0 Å². The molecule has 0 saturated carbocycles. The third kappa shape index (κ3) is 2.82. The van der Waals surface area contributed by atoms with Crippen LogP contribution in [0, 0.1) is 0 Å². The van der Waals surface area contributed by atoms with E-state index in [4.69, 9.17) is 9.72 Å². The summed E-state index contributed by atoms with van der Waals surface area (Å²) >= 11 is 0. The van der Waals surface area contributed by atoms with Gasteiger partial charge in [0, 0.05) is 50.2 Å². The molecule has 3 nitrogen and oxygen atoms in total. The molecule has 1 aromatic rings. The molecule has 1 saturated heterocycles. The van der Waals surface area contributed by atoms with Crippen molar-refractivity contribution < 1.29 is 4.74 Å². The van der Waals surface area contributed by atoms with Gasteiger partial charge < -0.3 is 4.74 Å². The van der Waals surface area contributed by atoms with Crippen LogP contribution >= 0.6 is 0 Å². The lowest BCUT2D eigenvalue weighted by Gasteiger charge is -2.37. The Morgan fingerprint density at radius 2 is 2.05 bits per heavy atom. The molecule has 104 valence electrons. The fourth-order valence-electron chi connectivity index (χ4n) is 3.14. The summed E-state index contributed by atoms with van der Waals surface area (Å²) in [6, 6.07) is 5.21. The number of rotatable bonds is 2. The van der Waals surface area contributed by atoms with Gasteiger partial charge >= 0.3 is 0 Å². The van der Waals surface area contributed by atoms with Crippen LogP contribution < -0.4 is 0 Å². The van der Waals surface area contributed by atoms with E-state index >= 15 is 0 Å². The van der Waals surface area contributed by atoms with Crippen LogP contribution in [0.2, 0.25) is 0 Å². The lowest BCUT2D eigenvalue weighted by atomic mass is 9.98. The van der Waals surface area contributed by atoms with Gasteiger partial charge in [-0.3, -0.25) is 9.88 Å². The van der Waals surface area contributed by atoms with Gasteiger partial charge in [-0.2, -0.15) is 0 Å². The second-order valence-electron chi connectivity index (χ2n) is 6.06. The van der Waals surface area contributed by atoms with E-state index in [-0.39, 0.29) is 0 Å². The van der Waals surface area contributed by atoms with E-state index in [1.165, 1.54) is 29.8 Å². The molecule has 0 spiro atoms. The van der Waals surface area contributed by atoms with Crippen LogP contribution in [-0.4, -0.2) is 35.7 Å². The molecule has 2 aliphatic rings. The lowest BCUT2D eigenvalue weighted by molar-refractivity contribution is 0.0288. The molecular weight excluding hydrogens is 236 g/mol. The second-order valence-corrected chi connectivity index (χ2v) is 6.06. The third-order valence-corrected chi connectivity index (χ3v) is 4.40. The van der Waals surface area contributed by atoms with Gasteiger partial charge in [-0.05, 0) is 30.4 Å². The van der Waals surface area contributed by atoms with Crippen molar-refractivity contribution in [1.29, 1.82) is 0 Å². The van der Waals surface area contributed by atoms with Gasteiger partial charge in [0.1, 0.15) is 0 Å². The number of pyridine rings is 1. The summed E-state index contributed by atoms with van der Waals surface area (Å²) in [6.07, 6.45) is 3.48. The maximum atomic E-state index is 5.46. The Morgan fingerprint density at radius 1 is 1.26 bits per heavy atom. The van der Waals surface area contributed by atoms with Crippen LogP contribution in [0.3, 0.4) is 0 Å². The van der Waals surface area contributed by atoms with Gasteiger partial charge in [-0.25, -0.2) is 0 Å². The van der Waals surface area contributed by atoms with Crippen molar-refractivity contribution in [2.45, 2.75) is 51.6 Å². The van der Waals surface area contributed by atoms with Gasteiger partial charge in [0.25, 0.3) is 0 Å². The molecule has 2 aliphatic heterocycles. The summed E-state index contributed by atoms with van der Waals surface area (Å²) in [4.78, 5) is 7.47. The van der Waals surface area contributed by atoms with Crippen molar-refractivity contribution in [2.24, 2.45) is 0 Å². The van der Waals surface area contributed by atoms with Crippen LogP contribution in [0.15, 0.2) is 12.1 Å². The predicted octanol–water partition coefficient (Wildman–Crippen LogP) is 2.74. The fraction of sp³-hybridized carbons (Fsp3) is 0.688. The quantitative estimate of drug-likeness (QED) is 0.817. The highest BCUT2D eigenvalue weighted by atomic mass is 16.5. The van der Waals surface area contributed by atoms with Gasteiger partial charge in [0.15, 0.2) is 0 Å². The zero-order valence-electron chi connectivity index (χ0n) is 12.1. The SMILES string of the molecule is CC(C)c1ccc2c(n1)CCN(C1CCOCC1)C2. The van der Waals surface area contributed by atoms with Gasteiger partial charge in [0.05, 0.1) is 0 Å². The molecule has 0 aromatic carbocycles. The van der Waals surface area contributed by atoms with E-state index < -0.39 is 0 Å². The summed E-state index contributed by atoms with van der Waals surface area (Å²) < 4.78 is 5.46. The topological polar surface area (TPSA) is 25.4 Å². The Labute approximate surface area is 116 Å². The molecule has 1 fully saturated rings. The number of hydrogen-bond acceptors (Lipinski definition) is 3. The summed E-state index contributed by atoms with van der Waals surface area (Å²) in [5, 5.41) is 0. The smallest absolute Gasteiger partial charge is 0.0480 e. The van der Waals surface area contributed by atoms with E-state index in [0.29, 0.717) is 12.0 Å². The average Bonchev–Trinajstić information content (AvgIpc) is 2.47. The Bertz CT molecular complexity index is 438. The molecule has 19 heavy (non-hydrogen) atoms. The van der Waals surface area contributed by atoms with Gasteiger partial charge in [0.2, 0.25) is 0 Å². The minimum Gasteiger partial charge on any atom is -0.381 e. The fourth-order valence-corrected chi connectivity index (χ4v) is 3.14. The first kappa shape index (κ1) is 13.1. The molecular formula is C16H24N2O. The first-order chi connectivity index (χ1) is 9.24. The van der Waals surface area contributed by atoms with Crippen molar-refractivity contribution in [3.8, 4) is 0 Å². The molecule has 0 bridgehead atoms. The monoisotopic (exact) mass is 260 g/mol. The number of fused-ring (bicyclic) bond motifs is 1. The largest absolute Gasteiger partial charge is 0.381 e. The van der Waals surface area contributed by atoms with Crippen molar-refractivity contribution in [3.63, 3.8) is 0 Å². The highest BCUT2D eigenvalue weighted by Crippen LogP contribution is 2.24. The van der Waals surface area contributed by atoms with Crippen molar-refractivity contribution in [3.05, 3.63) is 29.1 Å². The predicted molar refractivity (Wildman–Crippen MR) is 76.3 cm³/mol. The van der Waals surface area contributed by atoms with Crippen molar-refractivity contribution in [1.82, 2.24) is 9.88 Å². The molecule has 0 unspecified atom stereocenters. The van der Waals surface area contributed by atoms with Crippen LogP contribution in [0.1, 0.15) is 49.6 Å². The lowest BCUT2D eigenvalue weighted by Crippen LogP contribution is -2.42. The highest BCUT2D eigenvalue weighted by molar-refractivity contribution is 5.26. The Morgan fingerprint density at radius 3 is 2.79 bits per heavy atom. The number of aromatic nitrogens is 1. The van der Waals surface area contributed by atoms with E-state index in [1.54, 1.807) is 0 Å². The average molecular weight is 260 g/mol. The number of hydrogen-bond donors (Lipinski definition) is 0. The van der Waals surface area contributed by atoms with Gasteiger partial charge in [-0.1, -0.05) is 19.9 Å². The van der Waals surface area contributed by atoms with Crippen LogP contribution in [0.4, 0.5) is 0 Å². The van der Waals surface area contributed by atoms with Crippen LogP contribution in [0.5, 0.6) is 0 Å². The van der Waals surface area contributed by atoms with Crippen LogP contribution in [0.25, 0.3) is 0 Å². The van der Waals surface area contributed by atoms with Crippen molar-refractivity contribution in [2.75, 3.05) is 19.8 Å². The van der Waals surface area contributed by atoms with E-state index in [0.717, 1.165) is 32.7 Å². The first-order valence-electron chi connectivity index (χ1n) is 7.54. The maximum Gasteiger partial charge on any atom is 0.0480 e. The minimum absolute atomic E-state index is 0.527. The first-order valence-corrected chi connectivity index (χ1v) is 7.54. The number of ether oxygens (including phenoxy) is 1. The summed E-state index contributed by atoms with van der Waals surface area (Å²) in [6.45, 7) is 8.52. The Balaban J connectivity index is 1.73. The van der Waals surface area contributed by atoms with Crippen molar-refractivity contribution >= 4 is 0 Å². The second kappa shape index (κ2) is 5.59. The normalized spacial score (nSPS) is 21.6. The minimum atomic E-state index is 0.527. The molecule has 0 atom stereocenters. The molecule has 0 amide bonds. The zero-order valence-corrected chi connectivity index (χ0v) is 12.1.